The van der Waals surface area contributed by atoms with Crippen LogP contribution in [-0.2, 0) is 14.8 Å². The molecule has 25 heavy (non-hydrogen) atoms. The normalized spacial score (nSPS) is 16.4. The van der Waals surface area contributed by atoms with Gasteiger partial charge in [-0.3, -0.25) is 14.5 Å². The summed E-state index contributed by atoms with van der Waals surface area (Å²) >= 11 is 0. The van der Waals surface area contributed by atoms with E-state index in [0.717, 1.165) is 0 Å². The Bertz CT molecular complexity index is 710. The molecule has 2 amide bonds. The average Bonchev–Trinajstić information content (AvgIpc) is 2.62. The maximum Gasteiger partial charge on any atom is 0.251 e. The molecule has 0 aliphatic carbocycles. The minimum Gasteiger partial charge on any atom is -0.355 e. The summed E-state index contributed by atoms with van der Waals surface area (Å²) in [5.74, 6) is -0.313. The summed E-state index contributed by atoms with van der Waals surface area (Å²) in [5.41, 5.74) is 0.410. The van der Waals surface area contributed by atoms with Crippen LogP contribution in [0.2, 0.25) is 0 Å². The molecule has 2 N–H and O–H groups in total. The first-order valence-electron chi connectivity index (χ1n) is 8.19. The van der Waals surface area contributed by atoms with Crippen molar-refractivity contribution in [3.63, 3.8) is 0 Å². The zero-order valence-electron chi connectivity index (χ0n) is 14.5. The molecule has 0 unspecified atom stereocenters. The van der Waals surface area contributed by atoms with Gasteiger partial charge in [-0.1, -0.05) is 0 Å². The third-order valence-corrected chi connectivity index (χ3v) is 5.97. The number of amides is 2. The fraction of sp³-hybridized carbons (Fsp3) is 0.500. The Balaban J connectivity index is 1.99. The minimum absolute atomic E-state index is 0.0522. The molecule has 9 heteroatoms. The number of piperazine rings is 1. The largest absolute Gasteiger partial charge is 0.355 e. The predicted octanol–water partition coefficient (Wildman–Crippen LogP) is -0.511. The molecular formula is C16H24N4O4S. The fourth-order valence-electron chi connectivity index (χ4n) is 2.66. The van der Waals surface area contributed by atoms with Gasteiger partial charge in [-0.15, -0.1) is 0 Å². The van der Waals surface area contributed by atoms with Gasteiger partial charge in [0.1, 0.15) is 0 Å². The smallest absolute Gasteiger partial charge is 0.251 e. The summed E-state index contributed by atoms with van der Waals surface area (Å²) in [7, 11) is -2.08. The first-order chi connectivity index (χ1) is 11.9. The molecule has 1 saturated heterocycles. The molecular weight excluding hydrogens is 344 g/mol. The first kappa shape index (κ1) is 19.4. The van der Waals surface area contributed by atoms with Crippen molar-refractivity contribution in [2.75, 3.05) is 46.3 Å². The Labute approximate surface area is 148 Å². The summed E-state index contributed by atoms with van der Waals surface area (Å²) in [6.45, 7) is 4.40. The van der Waals surface area contributed by atoms with E-state index in [9.17, 15) is 18.0 Å². The molecule has 0 atom stereocenters. The zero-order chi connectivity index (χ0) is 18.4. The summed E-state index contributed by atoms with van der Waals surface area (Å²) in [6, 6.07) is 5.88. The maximum absolute atomic E-state index is 12.7. The second kappa shape index (κ2) is 8.41. The van der Waals surface area contributed by atoms with Crippen molar-refractivity contribution in [3.8, 4) is 0 Å². The topological polar surface area (TPSA) is 98.8 Å². The van der Waals surface area contributed by atoms with Crippen LogP contribution in [0.5, 0.6) is 0 Å². The van der Waals surface area contributed by atoms with E-state index < -0.39 is 10.0 Å². The number of hydrogen-bond acceptors (Lipinski definition) is 5. The standard InChI is InChI=1S/C16H24N4O4S/c1-3-18-15(21)12-19-8-10-20(11-9-19)25(23,24)14-6-4-13(5-7-14)16(22)17-2/h4-7H,3,8-12H2,1-2H3,(H,17,22)(H,18,21). The van der Waals surface area contributed by atoms with E-state index in [1.54, 1.807) is 0 Å². The highest BCUT2D eigenvalue weighted by atomic mass is 32.2. The number of nitrogens with one attached hydrogen (secondary N) is 2. The van der Waals surface area contributed by atoms with Gasteiger partial charge < -0.3 is 10.6 Å². The van der Waals surface area contributed by atoms with Gasteiger partial charge >= 0.3 is 0 Å². The Hall–Kier alpha value is -1.97. The van der Waals surface area contributed by atoms with Gasteiger partial charge in [0.05, 0.1) is 11.4 Å². The molecule has 2 rings (SSSR count). The van der Waals surface area contributed by atoms with Crippen molar-refractivity contribution < 1.29 is 18.0 Å². The highest BCUT2D eigenvalue weighted by Crippen LogP contribution is 2.18. The number of rotatable bonds is 6. The summed E-state index contributed by atoms with van der Waals surface area (Å²) in [4.78, 5) is 25.2. The molecule has 1 fully saturated rings. The van der Waals surface area contributed by atoms with Crippen molar-refractivity contribution in [2.24, 2.45) is 0 Å². The van der Waals surface area contributed by atoms with Gasteiger partial charge in [0, 0.05) is 45.3 Å². The summed E-state index contributed by atoms with van der Waals surface area (Å²) in [5, 5.41) is 5.23. The van der Waals surface area contributed by atoms with Crippen LogP contribution in [0, 0.1) is 0 Å². The third kappa shape index (κ3) is 4.77. The Morgan fingerprint density at radius 2 is 1.68 bits per heavy atom. The van der Waals surface area contributed by atoms with E-state index in [-0.39, 0.29) is 23.3 Å². The summed E-state index contributed by atoms with van der Waals surface area (Å²) < 4.78 is 26.8. The molecule has 0 saturated carbocycles. The van der Waals surface area contributed by atoms with E-state index in [0.29, 0.717) is 38.3 Å². The number of benzene rings is 1. The highest BCUT2D eigenvalue weighted by molar-refractivity contribution is 7.89. The van der Waals surface area contributed by atoms with E-state index in [2.05, 4.69) is 10.6 Å². The quantitative estimate of drug-likeness (QED) is 0.705. The Kier molecular flexibility index (Phi) is 6.51. The molecule has 0 aromatic heterocycles. The second-order valence-electron chi connectivity index (χ2n) is 5.74. The molecule has 0 radical (unpaired) electrons. The van der Waals surface area contributed by atoms with Gasteiger partial charge in [-0.05, 0) is 31.2 Å². The van der Waals surface area contributed by atoms with Crippen LogP contribution in [-0.4, -0.2) is 75.8 Å². The van der Waals surface area contributed by atoms with Crippen LogP contribution in [0.3, 0.4) is 0 Å². The van der Waals surface area contributed by atoms with Crippen LogP contribution < -0.4 is 10.6 Å². The van der Waals surface area contributed by atoms with Crippen molar-refractivity contribution >= 4 is 21.8 Å². The molecule has 138 valence electrons. The average molecular weight is 368 g/mol. The minimum atomic E-state index is -3.60. The van der Waals surface area contributed by atoms with Crippen LogP contribution in [0.25, 0.3) is 0 Å². The predicted molar refractivity (Wildman–Crippen MR) is 93.7 cm³/mol. The SMILES string of the molecule is CCNC(=O)CN1CCN(S(=O)(=O)c2ccc(C(=O)NC)cc2)CC1. The van der Waals surface area contributed by atoms with Crippen molar-refractivity contribution in [1.82, 2.24) is 19.8 Å². The number of likely N-dealkylation sites (N-methyl/N-ethyl adjacent to an activating group) is 1. The number of carbonyl (C=O) groups is 2. The lowest BCUT2D eigenvalue weighted by Gasteiger charge is -2.33. The van der Waals surface area contributed by atoms with Gasteiger partial charge in [0.15, 0.2) is 0 Å². The van der Waals surface area contributed by atoms with Gasteiger partial charge in [-0.25, -0.2) is 8.42 Å². The van der Waals surface area contributed by atoms with Crippen molar-refractivity contribution in [2.45, 2.75) is 11.8 Å². The molecule has 1 aliphatic rings. The van der Waals surface area contributed by atoms with Crippen molar-refractivity contribution in [1.29, 1.82) is 0 Å². The van der Waals surface area contributed by atoms with E-state index >= 15 is 0 Å². The number of nitrogens with zero attached hydrogens (tertiary/aromatic N) is 2. The molecule has 1 heterocycles. The van der Waals surface area contributed by atoms with Gasteiger partial charge in [0.25, 0.3) is 5.91 Å². The molecule has 1 aliphatic heterocycles. The molecule has 1 aromatic carbocycles. The second-order valence-corrected chi connectivity index (χ2v) is 7.68. The third-order valence-electron chi connectivity index (χ3n) is 4.05. The Morgan fingerprint density at radius 1 is 1.08 bits per heavy atom. The molecule has 8 nitrogen and oxygen atoms in total. The van der Waals surface area contributed by atoms with Crippen LogP contribution in [0.15, 0.2) is 29.2 Å². The lowest BCUT2D eigenvalue weighted by atomic mass is 10.2. The molecule has 1 aromatic rings. The first-order valence-corrected chi connectivity index (χ1v) is 9.64. The number of sulfonamides is 1. The lowest BCUT2D eigenvalue weighted by molar-refractivity contribution is -0.122. The van der Waals surface area contributed by atoms with Crippen LogP contribution in [0.1, 0.15) is 17.3 Å². The van der Waals surface area contributed by atoms with Crippen LogP contribution >= 0.6 is 0 Å². The molecule has 0 spiro atoms. The van der Waals surface area contributed by atoms with Gasteiger partial charge in [-0.2, -0.15) is 4.31 Å². The number of hydrogen-bond donors (Lipinski definition) is 2. The Morgan fingerprint density at radius 3 is 2.20 bits per heavy atom. The molecule has 0 bridgehead atoms. The lowest BCUT2D eigenvalue weighted by Crippen LogP contribution is -2.51. The fourth-order valence-corrected chi connectivity index (χ4v) is 4.08. The van der Waals surface area contributed by atoms with E-state index in [4.69, 9.17) is 0 Å². The van der Waals surface area contributed by atoms with Crippen LogP contribution in [0.4, 0.5) is 0 Å². The highest BCUT2D eigenvalue weighted by Gasteiger charge is 2.29. The monoisotopic (exact) mass is 368 g/mol. The maximum atomic E-state index is 12.7. The number of carbonyl (C=O) groups excluding carboxylic acids is 2. The zero-order valence-corrected chi connectivity index (χ0v) is 15.3. The summed E-state index contributed by atoms with van der Waals surface area (Å²) in [6.07, 6.45) is 0. The van der Waals surface area contributed by atoms with E-state index in [1.165, 1.54) is 35.6 Å². The van der Waals surface area contributed by atoms with Gasteiger partial charge in [0.2, 0.25) is 15.9 Å². The van der Waals surface area contributed by atoms with Crippen molar-refractivity contribution in [3.05, 3.63) is 29.8 Å². The van der Waals surface area contributed by atoms with E-state index in [1.807, 2.05) is 11.8 Å².